The van der Waals surface area contributed by atoms with Crippen molar-refractivity contribution in [3.8, 4) is 11.3 Å². The summed E-state index contributed by atoms with van der Waals surface area (Å²) in [6.07, 6.45) is 1.10. The molecule has 0 amide bonds. The van der Waals surface area contributed by atoms with Gasteiger partial charge in [-0.15, -0.1) is 0 Å². The average molecular weight is 311 g/mol. The third-order valence-corrected chi connectivity index (χ3v) is 5.51. The van der Waals surface area contributed by atoms with Gasteiger partial charge in [-0.2, -0.15) is 0 Å². The summed E-state index contributed by atoms with van der Waals surface area (Å²) >= 11 is 0. The van der Waals surface area contributed by atoms with Crippen LogP contribution in [-0.4, -0.2) is 29.9 Å². The lowest BCUT2D eigenvalue weighted by Crippen LogP contribution is -2.09. The van der Waals surface area contributed by atoms with Gasteiger partial charge < -0.3 is 9.63 Å². The van der Waals surface area contributed by atoms with Crippen LogP contribution in [0, 0.1) is 5.82 Å². The lowest BCUT2D eigenvalue weighted by atomic mass is 10.1. The molecular weight excluding hydrogens is 301 g/mol. The van der Waals surface area contributed by atoms with Gasteiger partial charge in [-0.1, -0.05) is 5.16 Å². The van der Waals surface area contributed by atoms with E-state index in [-0.39, 0.29) is 21.9 Å². The number of aromatic nitrogens is 1. The lowest BCUT2D eigenvalue weighted by molar-refractivity contribution is 0.0686. The minimum atomic E-state index is -3.62. The minimum Gasteiger partial charge on any atom is -0.476 e. The fraction of sp³-hybridized carbons (Fsp3) is 0.231. The number of carboxylic acid groups (broad SMARTS) is 1. The van der Waals surface area contributed by atoms with Gasteiger partial charge >= 0.3 is 5.97 Å². The number of sulfone groups is 1. The van der Waals surface area contributed by atoms with Crippen molar-refractivity contribution in [3.63, 3.8) is 0 Å². The first-order chi connectivity index (χ1) is 9.89. The zero-order valence-corrected chi connectivity index (χ0v) is 11.4. The Kier molecular flexibility index (Phi) is 3.05. The molecule has 1 aliphatic carbocycles. The summed E-state index contributed by atoms with van der Waals surface area (Å²) < 4.78 is 42.8. The van der Waals surface area contributed by atoms with E-state index in [1.54, 1.807) is 0 Å². The van der Waals surface area contributed by atoms with Crippen LogP contribution in [0.5, 0.6) is 0 Å². The molecule has 0 aliphatic heterocycles. The number of rotatable bonds is 4. The van der Waals surface area contributed by atoms with Gasteiger partial charge in [0.1, 0.15) is 10.7 Å². The molecule has 0 saturated heterocycles. The fourth-order valence-corrected chi connectivity index (χ4v) is 3.66. The highest BCUT2D eigenvalue weighted by Gasteiger charge is 2.38. The quantitative estimate of drug-likeness (QED) is 0.928. The van der Waals surface area contributed by atoms with Gasteiger partial charge in [0.25, 0.3) is 0 Å². The molecule has 21 heavy (non-hydrogen) atoms. The van der Waals surface area contributed by atoms with Gasteiger partial charge in [-0.3, -0.25) is 0 Å². The Bertz CT molecular complexity index is 823. The Balaban J connectivity index is 1.99. The van der Waals surface area contributed by atoms with Crippen LogP contribution in [0.15, 0.2) is 33.7 Å². The van der Waals surface area contributed by atoms with Crippen molar-refractivity contribution < 1.29 is 27.2 Å². The van der Waals surface area contributed by atoms with Crippen LogP contribution in [0.25, 0.3) is 11.3 Å². The van der Waals surface area contributed by atoms with E-state index in [1.165, 1.54) is 12.1 Å². The van der Waals surface area contributed by atoms with Crippen molar-refractivity contribution in [1.29, 1.82) is 0 Å². The summed E-state index contributed by atoms with van der Waals surface area (Å²) in [5, 5.41) is 11.6. The maximum Gasteiger partial charge on any atom is 0.358 e. The fourth-order valence-electron chi connectivity index (χ4n) is 1.95. The number of hydrogen-bond acceptors (Lipinski definition) is 5. The molecule has 8 heteroatoms. The van der Waals surface area contributed by atoms with Crippen LogP contribution in [0.2, 0.25) is 0 Å². The molecular formula is C13H10FNO5S. The molecule has 110 valence electrons. The van der Waals surface area contributed by atoms with Crippen molar-refractivity contribution in [2.24, 2.45) is 0 Å². The van der Waals surface area contributed by atoms with Crippen molar-refractivity contribution in [2.45, 2.75) is 23.0 Å². The van der Waals surface area contributed by atoms with Crippen LogP contribution in [0.3, 0.4) is 0 Å². The van der Waals surface area contributed by atoms with Crippen molar-refractivity contribution >= 4 is 15.8 Å². The molecule has 0 bridgehead atoms. The topological polar surface area (TPSA) is 97.5 Å². The molecule has 1 aromatic carbocycles. The van der Waals surface area contributed by atoms with E-state index in [2.05, 4.69) is 5.16 Å². The highest BCUT2D eigenvalue weighted by Crippen LogP contribution is 2.35. The third kappa shape index (κ3) is 2.42. The third-order valence-electron chi connectivity index (χ3n) is 3.22. The summed E-state index contributed by atoms with van der Waals surface area (Å²) in [6, 6.07) is 4.68. The van der Waals surface area contributed by atoms with Crippen molar-refractivity contribution in [2.75, 3.05) is 0 Å². The molecule has 0 unspecified atom stereocenters. The smallest absolute Gasteiger partial charge is 0.358 e. The number of aromatic carboxylic acids is 1. The van der Waals surface area contributed by atoms with E-state index < -0.39 is 26.9 Å². The molecule has 1 aromatic heterocycles. The molecule has 3 rings (SSSR count). The normalized spacial score (nSPS) is 15.1. The number of hydrogen-bond donors (Lipinski definition) is 1. The second kappa shape index (κ2) is 4.66. The van der Waals surface area contributed by atoms with Crippen LogP contribution < -0.4 is 0 Å². The molecule has 0 atom stereocenters. The van der Waals surface area contributed by atoms with E-state index >= 15 is 0 Å². The van der Waals surface area contributed by atoms with Crippen LogP contribution in [0.1, 0.15) is 23.3 Å². The minimum absolute atomic E-state index is 0.0571. The largest absolute Gasteiger partial charge is 0.476 e. The molecule has 1 aliphatic rings. The number of halogens is 1. The average Bonchev–Trinajstić information content (AvgIpc) is 3.16. The van der Waals surface area contributed by atoms with E-state index in [9.17, 15) is 17.6 Å². The second-order valence-corrected chi connectivity index (χ2v) is 6.97. The lowest BCUT2D eigenvalue weighted by Gasteiger charge is -2.05. The molecule has 0 radical (unpaired) electrons. The summed E-state index contributed by atoms with van der Waals surface area (Å²) in [4.78, 5) is 10.4. The molecule has 1 N–H and O–H groups in total. The Morgan fingerprint density at radius 3 is 2.57 bits per heavy atom. The second-order valence-electron chi connectivity index (χ2n) is 4.77. The number of benzene rings is 1. The zero-order chi connectivity index (χ0) is 15.2. The van der Waals surface area contributed by atoms with Crippen LogP contribution in [-0.2, 0) is 9.84 Å². The van der Waals surface area contributed by atoms with Gasteiger partial charge in [-0.25, -0.2) is 17.6 Å². The first kappa shape index (κ1) is 13.7. The zero-order valence-electron chi connectivity index (χ0n) is 10.6. The number of carboxylic acids is 1. The van der Waals surface area contributed by atoms with Crippen molar-refractivity contribution in [3.05, 3.63) is 35.8 Å². The van der Waals surface area contributed by atoms with Crippen LogP contribution in [0.4, 0.5) is 4.39 Å². The van der Waals surface area contributed by atoms with E-state index in [0.717, 1.165) is 12.1 Å². The van der Waals surface area contributed by atoms with E-state index in [4.69, 9.17) is 9.63 Å². The maximum atomic E-state index is 14.0. The van der Waals surface area contributed by atoms with Gasteiger partial charge in [0, 0.05) is 11.6 Å². The maximum absolute atomic E-state index is 14.0. The first-order valence-corrected chi connectivity index (χ1v) is 7.68. The Hall–Kier alpha value is -2.22. The SMILES string of the molecule is O=C(O)c1cc(-c2ccc(S(=O)(=O)C3CC3)c(F)c2)on1. The molecule has 0 spiro atoms. The molecule has 2 aromatic rings. The number of carbonyl (C=O) groups is 1. The van der Waals surface area contributed by atoms with Gasteiger partial charge in [0.05, 0.1) is 5.25 Å². The molecule has 1 heterocycles. The molecule has 6 nitrogen and oxygen atoms in total. The summed E-state index contributed by atoms with van der Waals surface area (Å²) in [5.74, 6) is -2.09. The van der Waals surface area contributed by atoms with Gasteiger partial charge in [-0.05, 0) is 31.0 Å². The highest BCUT2D eigenvalue weighted by molar-refractivity contribution is 7.92. The summed E-state index contributed by atoms with van der Waals surface area (Å²) in [6.45, 7) is 0. The predicted molar refractivity (Wildman–Crippen MR) is 69.1 cm³/mol. The predicted octanol–water partition coefficient (Wildman–Crippen LogP) is 2.12. The molecule has 1 saturated carbocycles. The van der Waals surface area contributed by atoms with Gasteiger partial charge in [0.2, 0.25) is 0 Å². The Labute approximate surface area is 119 Å². The Morgan fingerprint density at radius 1 is 1.33 bits per heavy atom. The van der Waals surface area contributed by atoms with E-state index in [1.807, 2.05) is 0 Å². The molecule has 1 fully saturated rings. The van der Waals surface area contributed by atoms with Gasteiger partial charge in [0.15, 0.2) is 21.3 Å². The van der Waals surface area contributed by atoms with Crippen LogP contribution >= 0.6 is 0 Å². The summed E-state index contributed by atoms with van der Waals surface area (Å²) in [5.41, 5.74) is -0.0812. The van der Waals surface area contributed by atoms with E-state index in [0.29, 0.717) is 12.8 Å². The highest BCUT2D eigenvalue weighted by atomic mass is 32.2. The standard InChI is InChI=1S/C13H10FNO5S/c14-9-5-7(11-6-10(13(16)17)15-20-11)1-4-12(9)21(18,19)8-2-3-8/h1,4-6,8H,2-3H2,(H,16,17). The number of nitrogens with zero attached hydrogens (tertiary/aromatic N) is 1. The summed E-state index contributed by atoms with van der Waals surface area (Å²) in [7, 11) is -3.62. The monoisotopic (exact) mass is 311 g/mol. The Morgan fingerprint density at radius 2 is 2.05 bits per heavy atom. The van der Waals surface area contributed by atoms with Crippen molar-refractivity contribution in [1.82, 2.24) is 5.16 Å². The first-order valence-electron chi connectivity index (χ1n) is 6.13.